The number of aromatic amines is 1. The van der Waals surface area contributed by atoms with Crippen LogP contribution in [0.3, 0.4) is 0 Å². The van der Waals surface area contributed by atoms with Crippen LogP contribution in [0.1, 0.15) is 18.9 Å². The smallest absolute Gasteiger partial charge is 0.291 e. The van der Waals surface area contributed by atoms with Crippen LogP contribution in [0, 0.1) is 0 Å². The van der Waals surface area contributed by atoms with E-state index in [0.717, 1.165) is 23.0 Å². The number of para-hydroxylation sites is 1. The predicted molar refractivity (Wildman–Crippen MR) is 119 cm³/mol. The van der Waals surface area contributed by atoms with E-state index >= 15 is 0 Å². The highest BCUT2D eigenvalue weighted by molar-refractivity contribution is 6.39. The molecule has 8 heteroatoms. The molecule has 2 N–H and O–H groups in total. The van der Waals surface area contributed by atoms with Crippen LogP contribution in [0.15, 0.2) is 65.9 Å². The number of aromatic nitrogens is 2. The van der Waals surface area contributed by atoms with Gasteiger partial charge in [-0.25, -0.2) is 15.0 Å². The van der Waals surface area contributed by atoms with Crippen LogP contribution in [-0.2, 0) is 9.59 Å². The SMILES string of the molecule is C[C@@H]1N=C(C(=O)N2CC=C(c3c[nH]c4ncccc34)CC2)NN(c2ccccc2)C1=O. The van der Waals surface area contributed by atoms with Crippen molar-refractivity contribution in [2.24, 2.45) is 4.99 Å². The molecule has 4 heterocycles. The number of hydrazine groups is 1. The van der Waals surface area contributed by atoms with E-state index < -0.39 is 6.04 Å². The molecule has 2 aliphatic rings. The Morgan fingerprint density at radius 3 is 2.77 bits per heavy atom. The predicted octanol–water partition coefficient (Wildman–Crippen LogP) is 2.52. The second kappa shape index (κ2) is 7.71. The minimum absolute atomic E-state index is 0.184. The van der Waals surface area contributed by atoms with Crippen molar-refractivity contribution < 1.29 is 9.59 Å². The molecule has 0 saturated heterocycles. The lowest BCUT2D eigenvalue weighted by Gasteiger charge is -2.33. The molecule has 2 amide bonds. The molecule has 156 valence electrons. The first-order valence-electron chi connectivity index (χ1n) is 10.3. The number of hydrogen-bond donors (Lipinski definition) is 2. The number of nitrogens with one attached hydrogen (secondary N) is 2. The van der Waals surface area contributed by atoms with E-state index in [1.54, 1.807) is 18.0 Å². The summed E-state index contributed by atoms with van der Waals surface area (Å²) in [5, 5.41) is 2.48. The van der Waals surface area contributed by atoms with Crippen molar-refractivity contribution in [1.29, 1.82) is 0 Å². The van der Waals surface area contributed by atoms with Crippen LogP contribution in [-0.4, -0.2) is 51.6 Å². The second-order valence-corrected chi connectivity index (χ2v) is 7.61. The lowest BCUT2D eigenvalue weighted by atomic mass is 9.99. The Morgan fingerprint density at radius 2 is 2.00 bits per heavy atom. The molecule has 1 aromatic carbocycles. The molecule has 5 rings (SSSR count). The molecule has 0 saturated carbocycles. The van der Waals surface area contributed by atoms with Crippen molar-refractivity contribution in [2.75, 3.05) is 18.1 Å². The van der Waals surface area contributed by atoms with E-state index in [1.807, 2.05) is 48.7 Å². The fourth-order valence-corrected chi connectivity index (χ4v) is 3.97. The van der Waals surface area contributed by atoms with Gasteiger partial charge in [0.05, 0.1) is 5.69 Å². The second-order valence-electron chi connectivity index (χ2n) is 7.61. The van der Waals surface area contributed by atoms with Crippen molar-refractivity contribution in [3.63, 3.8) is 0 Å². The number of carbonyl (C=O) groups excluding carboxylic acids is 2. The molecule has 0 radical (unpaired) electrons. The molecular weight excluding hydrogens is 392 g/mol. The lowest BCUT2D eigenvalue weighted by Crippen LogP contribution is -2.58. The number of fused-ring (bicyclic) bond motifs is 1. The number of pyridine rings is 1. The third-order valence-corrected chi connectivity index (χ3v) is 5.63. The average Bonchev–Trinajstić information content (AvgIpc) is 3.25. The third-order valence-electron chi connectivity index (χ3n) is 5.63. The summed E-state index contributed by atoms with van der Waals surface area (Å²) in [5.74, 6) is -0.225. The highest BCUT2D eigenvalue weighted by Gasteiger charge is 2.33. The number of anilines is 1. The van der Waals surface area contributed by atoms with Crippen LogP contribution in [0.25, 0.3) is 16.6 Å². The van der Waals surface area contributed by atoms with E-state index in [-0.39, 0.29) is 17.6 Å². The highest BCUT2D eigenvalue weighted by atomic mass is 16.2. The lowest BCUT2D eigenvalue weighted by molar-refractivity contribution is -0.124. The monoisotopic (exact) mass is 414 g/mol. The van der Waals surface area contributed by atoms with E-state index in [0.29, 0.717) is 18.8 Å². The van der Waals surface area contributed by atoms with Gasteiger partial charge in [0, 0.05) is 36.4 Å². The molecule has 1 atom stereocenters. The number of aliphatic imine (C=N–C) groups is 1. The summed E-state index contributed by atoms with van der Waals surface area (Å²) in [5.41, 5.74) is 6.77. The number of rotatable bonds is 3. The largest absolute Gasteiger partial charge is 0.346 e. The molecule has 0 spiro atoms. The van der Waals surface area contributed by atoms with E-state index in [1.165, 1.54) is 10.6 Å². The number of carbonyl (C=O) groups is 2. The molecule has 0 fully saturated rings. The Bertz CT molecular complexity index is 1210. The van der Waals surface area contributed by atoms with Crippen LogP contribution >= 0.6 is 0 Å². The zero-order chi connectivity index (χ0) is 21.4. The van der Waals surface area contributed by atoms with Gasteiger partial charge in [0.1, 0.15) is 11.7 Å². The topological polar surface area (TPSA) is 93.7 Å². The van der Waals surface area contributed by atoms with Gasteiger partial charge in [-0.05, 0) is 43.2 Å². The highest BCUT2D eigenvalue weighted by Crippen LogP contribution is 2.28. The minimum atomic E-state index is -0.630. The molecule has 3 aromatic rings. The molecule has 0 aliphatic carbocycles. The van der Waals surface area contributed by atoms with Gasteiger partial charge < -0.3 is 9.88 Å². The number of amidine groups is 1. The fourth-order valence-electron chi connectivity index (χ4n) is 3.97. The normalized spacial score (nSPS) is 19.1. The Labute approximate surface area is 179 Å². The van der Waals surface area contributed by atoms with E-state index in [2.05, 4.69) is 26.5 Å². The summed E-state index contributed by atoms with van der Waals surface area (Å²) >= 11 is 0. The van der Waals surface area contributed by atoms with Crippen molar-refractivity contribution in [3.8, 4) is 0 Å². The zero-order valence-corrected chi connectivity index (χ0v) is 17.1. The zero-order valence-electron chi connectivity index (χ0n) is 17.1. The molecular formula is C23H22N6O2. The van der Waals surface area contributed by atoms with Gasteiger partial charge in [0.2, 0.25) is 5.84 Å². The van der Waals surface area contributed by atoms with E-state index in [9.17, 15) is 9.59 Å². The standard InChI is InChI=1S/C23H22N6O2/c1-15-22(30)29(17-6-3-2-4-7-17)27-21(26-15)23(31)28-12-9-16(10-13-28)19-14-25-20-18(19)8-5-11-24-20/h2-9,11,14-15H,10,12-13H2,1H3,(H,24,25)(H,26,27)/t15-/m0/s1. The third kappa shape index (κ3) is 3.46. The van der Waals surface area contributed by atoms with Gasteiger partial charge in [0.25, 0.3) is 11.8 Å². The van der Waals surface area contributed by atoms with Crippen LogP contribution < -0.4 is 10.4 Å². The van der Waals surface area contributed by atoms with Crippen LogP contribution in [0.5, 0.6) is 0 Å². The Balaban J connectivity index is 1.34. The number of nitrogens with zero attached hydrogens (tertiary/aromatic N) is 4. The van der Waals surface area contributed by atoms with Crippen LogP contribution in [0.4, 0.5) is 5.69 Å². The van der Waals surface area contributed by atoms with E-state index in [4.69, 9.17) is 0 Å². The molecule has 31 heavy (non-hydrogen) atoms. The maximum atomic E-state index is 13.1. The van der Waals surface area contributed by atoms with Gasteiger partial charge in [-0.3, -0.25) is 15.0 Å². The Morgan fingerprint density at radius 1 is 1.16 bits per heavy atom. The summed E-state index contributed by atoms with van der Waals surface area (Å²) in [6.45, 7) is 2.76. The maximum Gasteiger partial charge on any atom is 0.291 e. The summed E-state index contributed by atoms with van der Waals surface area (Å²) in [4.78, 5) is 39.3. The summed E-state index contributed by atoms with van der Waals surface area (Å²) in [7, 11) is 0. The first-order chi connectivity index (χ1) is 15.1. The van der Waals surface area contributed by atoms with Crippen molar-refractivity contribution in [1.82, 2.24) is 20.3 Å². The maximum absolute atomic E-state index is 13.1. The quantitative estimate of drug-likeness (QED) is 0.689. The first-order valence-corrected chi connectivity index (χ1v) is 10.3. The van der Waals surface area contributed by atoms with Gasteiger partial charge in [-0.1, -0.05) is 24.3 Å². The first kappa shape index (κ1) is 19.0. The van der Waals surface area contributed by atoms with Crippen molar-refractivity contribution in [2.45, 2.75) is 19.4 Å². The van der Waals surface area contributed by atoms with Gasteiger partial charge in [-0.2, -0.15) is 0 Å². The minimum Gasteiger partial charge on any atom is -0.346 e. The fraction of sp³-hybridized carbons (Fsp3) is 0.217. The number of benzene rings is 1. The molecule has 0 bridgehead atoms. The summed E-state index contributed by atoms with van der Waals surface area (Å²) in [6, 6.07) is 12.5. The molecule has 2 aromatic heterocycles. The average molecular weight is 414 g/mol. The van der Waals surface area contributed by atoms with Gasteiger partial charge >= 0.3 is 0 Å². The number of amides is 2. The van der Waals surface area contributed by atoms with Gasteiger partial charge in [0.15, 0.2) is 0 Å². The van der Waals surface area contributed by atoms with Gasteiger partial charge in [-0.15, -0.1) is 0 Å². The number of H-pyrrole nitrogens is 1. The molecule has 8 nitrogen and oxygen atoms in total. The Kier molecular flexibility index (Phi) is 4.74. The number of hydrogen-bond acceptors (Lipinski definition) is 5. The summed E-state index contributed by atoms with van der Waals surface area (Å²) < 4.78 is 0. The van der Waals surface area contributed by atoms with Crippen molar-refractivity contribution >= 4 is 39.9 Å². The Hall–Kier alpha value is -3.94. The summed E-state index contributed by atoms with van der Waals surface area (Å²) in [6.07, 6.45) is 6.54. The molecule has 0 unspecified atom stereocenters. The van der Waals surface area contributed by atoms with Crippen LogP contribution in [0.2, 0.25) is 0 Å². The van der Waals surface area contributed by atoms with Crippen molar-refractivity contribution in [3.05, 3.63) is 66.5 Å². The molecule has 2 aliphatic heterocycles.